The Labute approximate surface area is 150 Å². The zero-order valence-corrected chi connectivity index (χ0v) is 14.6. The van der Waals surface area contributed by atoms with Gasteiger partial charge in [-0.25, -0.2) is 0 Å². The molecule has 1 unspecified atom stereocenters. The fourth-order valence-corrected chi connectivity index (χ4v) is 2.92. The molecule has 0 spiro atoms. The lowest BCUT2D eigenvalue weighted by Crippen LogP contribution is -2.51. The summed E-state index contributed by atoms with van der Waals surface area (Å²) in [5, 5.41) is 2.77. The number of hydrogen-bond donors (Lipinski definition) is 1. The van der Waals surface area contributed by atoms with Gasteiger partial charge in [0.15, 0.2) is 6.61 Å². The lowest BCUT2D eigenvalue weighted by Gasteiger charge is -2.34. The molecule has 0 aromatic heterocycles. The van der Waals surface area contributed by atoms with Crippen molar-refractivity contribution in [2.75, 3.05) is 13.2 Å². The first-order valence-corrected chi connectivity index (χ1v) is 8.66. The molecule has 1 N–H and O–H groups in total. The monoisotopic (exact) mass is 372 g/mol. The molecule has 1 atom stereocenters. The molecular formula is C18H23F3N2O3. The summed E-state index contributed by atoms with van der Waals surface area (Å²) in [4.78, 5) is 26.1. The zero-order valence-electron chi connectivity index (χ0n) is 14.6. The van der Waals surface area contributed by atoms with Crippen molar-refractivity contribution in [3.63, 3.8) is 0 Å². The average Bonchev–Trinajstić information content (AvgIpc) is 2.63. The van der Waals surface area contributed by atoms with E-state index in [9.17, 15) is 22.8 Å². The first-order chi connectivity index (χ1) is 12.3. The summed E-state index contributed by atoms with van der Waals surface area (Å²) < 4.78 is 41.4. The van der Waals surface area contributed by atoms with Crippen molar-refractivity contribution in [1.82, 2.24) is 10.2 Å². The van der Waals surface area contributed by atoms with E-state index >= 15 is 0 Å². The van der Waals surface area contributed by atoms with Crippen LogP contribution in [-0.4, -0.2) is 42.1 Å². The number of likely N-dealkylation sites (tertiary alicyclic amines) is 1. The molecule has 1 aromatic rings. The molecule has 1 heterocycles. The third-order valence-electron chi connectivity index (χ3n) is 4.20. The van der Waals surface area contributed by atoms with Crippen molar-refractivity contribution in [3.8, 4) is 5.75 Å². The molecule has 1 aromatic carbocycles. The van der Waals surface area contributed by atoms with E-state index in [1.807, 2.05) is 0 Å². The summed E-state index contributed by atoms with van der Waals surface area (Å²) in [5.74, 6) is -0.199. The Hall–Kier alpha value is -2.25. The minimum Gasteiger partial charge on any atom is -0.484 e. The van der Waals surface area contributed by atoms with Gasteiger partial charge < -0.3 is 15.0 Å². The van der Waals surface area contributed by atoms with E-state index in [1.54, 1.807) is 24.0 Å². The van der Waals surface area contributed by atoms with Gasteiger partial charge in [-0.3, -0.25) is 9.59 Å². The summed E-state index contributed by atoms with van der Waals surface area (Å²) in [6.45, 7) is 1.13. The molecule has 5 nitrogen and oxygen atoms in total. The Morgan fingerprint density at radius 3 is 2.77 bits per heavy atom. The molecule has 0 aliphatic carbocycles. The molecule has 1 aliphatic heterocycles. The Balaban J connectivity index is 1.93. The van der Waals surface area contributed by atoms with Crippen molar-refractivity contribution in [1.29, 1.82) is 0 Å². The highest BCUT2D eigenvalue weighted by molar-refractivity contribution is 5.87. The van der Waals surface area contributed by atoms with Crippen LogP contribution < -0.4 is 10.1 Å². The third-order valence-corrected chi connectivity index (χ3v) is 4.20. The zero-order chi connectivity index (χ0) is 19.2. The van der Waals surface area contributed by atoms with Gasteiger partial charge >= 0.3 is 6.18 Å². The van der Waals surface area contributed by atoms with E-state index in [4.69, 9.17) is 4.74 Å². The number of ether oxygens (including phenoxy) is 1. The van der Waals surface area contributed by atoms with Crippen LogP contribution >= 0.6 is 0 Å². The van der Waals surface area contributed by atoms with Crippen LogP contribution in [0.15, 0.2) is 24.3 Å². The Morgan fingerprint density at radius 2 is 2.08 bits per heavy atom. The van der Waals surface area contributed by atoms with E-state index in [1.165, 1.54) is 12.1 Å². The summed E-state index contributed by atoms with van der Waals surface area (Å²) in [6.07, 6.45) is -1.67. The largest absolute Gasteiger partial charge is 0.484 e. The van der Waals surface area contributed by atoms with E-state index in [2.05, 4.69) is 5.32 Å². The summed E-state index contributed by atoms with van der Waals surface area (Å²) >= 11 is 0. The number of rotatable bonds is 6. The summed E-state index contributed by atoms with van der Waals surface area (Å²) in [6, 6.07) is 5.67. The van der Waals surface area contributed by atoms with Crippen molar-refractivity contribution in [3.05, 3.63) is 29.8 Å². The van der Waals surface area contributed by atoms with Crippen LogP contribution in [0.3, 0.4) is 0 Å². The second kappa shape index (κ2) is 8.91. The molecule has 8 heteroatoms. The van der Waals surface area contributed by atoms with Crippen LogP contribution in [0.4, 0.5) is 13.2 Å². The van der Waals surface area contributed by atoms with Gasteiger partial charge in [0.2, 0.25) is 11.8 Å². The highest BCUT2D eigenvalue weighted by Crippen LogP contribution is 2.20. The summed E-state index contributed by atoms with van der Waals surface area (Å²) in [7, 11) is 0. The molecule has 144 valence electrons. The number of hydrogen-bond acceptors (Lipinski definition) is 3. The second-order valence-corrected chi connectivity index (χ2v) is 6.22. The normalized spacial score (nSPS) is 17.7. The van der Waals surface area contributed by atoms with Crippen LogP contribution in [0.5, 0.6) is 5.75 Å². The molecule has 2 amide bonds. The van der Waals surface area contributed by atoms with Crippen LogP contribution in [0.1, 0.15) is 38.2 Å². The van der Waals surface area contributed by atoms with Gasteiger partial charge in [-0.05, 0) is 37.0 Å². The number of nitrogens with zero attached hydrogens (tertiary/aromatic N) is 1. The SMILES string of the molecule is CCC(=O)N1CCCCC1C(=O)NCc1cccc(OCC(F)(F)F)c1. The van der Waals surface area contributed by atoms with Crippen LogP contribution in [0.25, 0.3) is 0 Å². The quantitative estimate of drug-likeness (QED) is 0.835. The molecule has 0 radical (unpaired) electrons. The minimum absolute atomic E-state index is 0.0487. The number of carbonyl (C=O) groups is 2. The van der Waals surface area contributed by atoms with Gasteiger partial charge in [0, 0.05) is 19.5 Å². The highest BCUT2D eigenvalue weighted by Gasteiger charge is 2.31. The number of halogens is 3. The maximum atomic E-state index is 12.5. The van der Waals surface area contributed by atoms with Crippen LogP contribution in [0, 0.1) is 0 Å². The van der Waals surface area contributed by atoms with Gasteiger partial charge in [-0.1, -0.05) is 19.1 Å². The molecule has 26 heavy (non-hydrogen) atoms. The topological polar surface area (TPSA) is 58.6 Å². The van der Waals surface area contributed by atoms with Crippen molar-refractivity contribution >= 4 is 11.8 Å². The number of amides is 2. The standard InChI is InChI=1S/C18H23F3N2O3/c1-2-16(24)23-9-4-3-8-15(23)17(25)22-11-13-6-5-7-14(10-13)26-12-18(19,20)21/h5-7,10,15H,2-4,8-9,11-12H2,1H3,(H,22,25). The first kappa shape index (κ1) is 20.1. The predicted molar refractivity (Wildman–Crippen MR) is 89.5 cm³/mol. The first-order valence-electron chi connectivity index (χ1n) is 8.66. The molecule has 1 fully saturated rings. The fourth-order valence-electron chi connectivity index (χ4n) is 2.92. The minimum atomic E-state index is -4.40. The highest BCUT2D eigenvalue weighted by atomic mass is 19.4. The van der Waals surface area contributed by atoms with Gasteiger partial charge in [0.1, 0.15) is 11.8 Å². The predicted octanol–water partition coefficient (Wildman–Crippen LogP) is 3.04. The Kier molecular flexibility index (Phi) is 6.88. The second-order valence-electron chi connectivity index (χ2n) is 6.22. The molecule has 2 rings (SSSR count). The van der Waals surface area contributed by atoms with Gasteiger partial charge in [-0.15, -0.1) is 0 Å². The van der Waals surface area contributed by atoms with Crippen LogP contribution in [-0.2, 0) is 16.1 Å². The maximum Gasteiger partial charge on any atom is 0.422 e. The Morgan fingerprint density at radius 1 is 1.31 bits per heavy atom. The van der Waals surface area contributed by atoms with Gasteiger partial charge in [0.05, 0.1) is 0 Å². The average molecular weight is 372 g/mol. The van der Waals surface area contributed by atoms with Gasteiger partial charge in [0.25, 0.3) is 0 Å². The molecule has 0 saturated carbocycles. The van der Waals surface area contributed by atoms with E-state index < -0.39 is 18.8 Å². The smallest absolute Gasteiger partial charge is 0.422 e. The number of nitrogens with one attached hydrogen (secondary N) is 1. The lowest BCUT2D eigenvalue weighted by atomic mass is 10.0. The fraction of sp³-hybridized carbons (Fsp3) is 0.556. The van der Waals surface area contributed by atoms with Crippen molar-refractivity contribution in [2.24, 2.45) is 0 Å². The molecule has 1 aliphatic rings. The van der Waals surface area contributed by atoms with Crippen molar-refractivity contribution in [2.45, 2.75) is 51.4 Å². The summed E-state index contributed by atoms with van der Waals surface area (Å²) in [5.41, 5.74) is 0.627. The van der Waals surface area contributed by atoms with E-state index in [-0.39, 0.29) is 24.1 Å². The lowest BCUT2D eigenvalue weighted by molar-refractivity contribution is -0.153. The molecule has 1 saturated heterocycles. The van der Waals surface area contributed by atoms with Crippen molar-refractivity contribution < 1.29 is 27.5 Å². The number of benzene rings is 1. The number of carbonyl (C=O) groups excluding carboxylic acids is 2. The number of alkyl halides is 3. The maximum absolute atomic E-state index is 12.5. The molecule has 0 bridgehead atoms. The van der Waals surface area contributed by atoms with Gasteiger partial charge in [-0.2, -0.15) is 13.2 Å². The molecular weight excluding hydrogens is 349 g/mol. The van der Waals surface area contributed by atoms with E-state index in [0.29, 0.717) is 24.9 Å². The Bertz CT molecular complexity index is 634. The number of piperidine rings is 1. The van der Waals surface area contributed by atoms with E-state index in [0.717, 1.165) is 12.8 Å². The van der Waals surface area contributed by atoms with Crippen LogP contribution in [0.2, 0.25) is 0 Å². The third kappa shape index (κ3) is 5.93.